The minimum Gasteiger partial charge on any atom is -0.271 e. The molecule has 0 spiro atoms. The number of hydrazine groups is 1. The number of rotatable bonds is 3. The quantitative estimate of drug-likeness (QED) is 0.571. The predicted octanol–water partition coefficient (Wildman–Crippen LogP) is 2.80. The highest BCUT2D eigenvalue weighted by Crippen LogP contribution is 2.24. The summed E-state index contributed by atoms with van der Waals surface area (Å²) >= 11 is 0. The summed E-state index contributed by atoms with van der Waals surface area (Å²) in [6.07, 6.45) is 3.68. The van der Waals surface area contributed by atoms with Crippen molar-refractivity contribution in [2.24, 2.45) is 5.84 Å². The zero-order valence-electron chi connectivity index (χ0n) is 12.2. The molecule has 0 aliphatic carbocycles. The van der Waals surface area contributed by atoms with Crippen LogP contribution in [0.4, 0.5) is 0 Å². The molecular formula is C17H18N4. The second-order valence-electron chi connectivity index (χ2n) is 5.30. The van der Waals surface area contributed by atoms with Crippen LogP contribution in [0, 0.1) is 13.8 Å². The standard InChI is InChI=1S/C17H18N4/c1-11-7-15(10-19-9-11)17(21-18)14-5-6-16-13(8-14)4-3-12(2)20-16/h3-10,17,21H,18H2,1-2H3. The van der Waals surface area contributed by atoms with E-state index in [9.17, 15) is 0 Å². The van der Waals surface area contributed by atoms with E-state index < -0.39 is 0 Å². The van der Waals surface area contributed by atoms with Crippen molar-refractivity contribution < 1.29 is 0 Å². The fourth-order valence-electron chi connectivity index (χ4n) is 2.55. The van der Waals surface area contributed by atoms with Gasteiger partial charge in [-0.15, -0.1) is 0 Å². The lowest BCUT2D eigenvalue weighted by atomic mass is 9.98. The summed E-state index contributed by atoms with van der Waals surface area (Å²) in [5.74, 6) is 5.76. The highest BCUT2D eigenvalue weighted by molar-refractivity contribution is 5.79. The van der Waals surface area contributed by atoms with Crippen LogP contribution >= 0.6 is 0 Å². The summed E-state index contributed by atoms with van der Waals surface area (Å²) in [6, 6.07) is 12.3. The topological polar surface area (TPSA) is 63.8 Å². The summed E-state index contributed by atoms with van der Waals surface area (Å²) < 4.78 is 0. The van der Waals surface area contributed by atoms with Crippen LogP contribution < -0.4 is 11.3 Å². The molecule has 2 heterocycles. The Bertz CT molecular complexity index is 783. The maximum absolute atomic E-state index is 5.76. The van der Waals surface area contributed by atoms with Gasteiger partial charge in [0.1, 0.15) is 0 Å². The van der Waals surface area contributed by atoms with E-state index in [1.165, 1.54) is 0 Å². The first-order valence-electron chi connectivity index (χ1n) is 6.92. The Morgan fingerprint density at radius 3 is 2.62 bits per heavy atom. The molecule has 4 nitrogen and oxygen atoms in total. The maximum Gasteiger partial charge on any atom is 0.0725 e. The van der Waals surface area contributed by atoms with E-state index in [0.29, 0.717) is 0 Å². The molecule has 0 bridgehead atoms. The molecule has 0 amide bonds. The first-order valence-corrected chi connectivity index (χ1v) is 6.92. The molecule has 0 saturated carbocycles. The fraction of sp³-hybridized carbons (Fsp3) is 0.176. The van der Waals surface area contributed by atoms with Gasteiger partial charge in [0.05, 0.1) is 11.6 Å². The van der Waals surface area contributed by atoms with Crippen LogP contribution in [0.1, 0.15) is 28.4 Å². The molecule has 21 heavy (non-hydrogen) atoms. The van der Waals surface area contributed by atoms with Crippen molar-refractivity contribution in [3.05, 3.63) is 71.2 Å². The lowest BCUT2D eigenvalue weighted by Gasteiger charge is -2.17. The largest absolute Gasteiger partial charge is 0.271 e. The van der Waals surface area contributed by atoms with Crippen molar-refractivity contribution in [3.8, 4) is 0 Å². The third-order valence-corrected chi connectivity index (χ3v) is 3.58. The van der Waals surface area contributed by atoms with Crippen molar-refractivity contribution in [2.45, 2.75) is 19.9 Å². The lowest BCUT2D eigenvalue weighted by Crippen LogP contribution is -2.29. The van der Waals surface area contributed by atoms with Gasteiger partial charge in [-0.05, 0) is 48.7 Å². The molecule has 1 unspecified atom stereocenters. The second kappa shape index (κ2) is 5.60. The van der Waals surface area contributed by atoms with Crippen molar-refractivity contribution in [1.29, 1.82) is 0 Å². The monoisotopic (exact) mass is 278 g/mol. The summed E-state index contributed by atoms with van der Waals surface area (Å²) in [6.45, 7) is 4.02. The third-order valence-electron chi connectivity index (χ3n) is 3.58. The van der Waals surface area contributed by atoms with Crippen molar-refractivity contribution in [2.75, 3.05) is 0 Å². The Hall–Kier alpha value is -2.30. The van der Waals surface area contributed by atoms with E-state index in [1.54, 1.807) is 0 Å². The number of hydrogen-bond acceptors (Lipinski definition) is 4. The van der Waals surface area contributed by atoms with Crippen molar-refractivity contribution in [1.82, 2.24) is 15.4 Å². The van der Waals surface area contributed by atoms with Crippen LogP contribution in [0.25, 0.3) is 10.9 Å². The Morgan fingerprint density at radius 1 is 1.00 bits per heavy atom. The predicted molar refractivity (Wildman–Crippen MR) is 84.6 cm³/mol. The second-order valence-corrected chi connectivity index (χ2v) is 5.30. The van der Waals surface area contributed by atoms with Crippen LogP contribution in [-0.2, 0) is 0 Å². The molecule has 2 aromatic heterocycles. The molecule has 1 atom stereocenters. The average Bonchev–Trinajstić information content (AvgIpc) is 2.48. The van der Waals surface area contributed by atoms with Gasteiger partial charge in [0.25, 0.3) is 0 Å². The minimum absolute atomic E-state index is 0.0805. The van der Waals surface area contributed by atoms with Gasteiger partial charge in [0.15, 0.2) is 0 Å². The van der Waals surface area contributed by atoms with E-state index >= 15 is 0 Å². The first-order chi connectivity index (χ1) is 10.2. The summed E-state index contributed by atoms with van der Waals surface area (Å²) in [7, 11) is 0. The number of fused-ring (bicyclic) bond motifs is 1. The SMILES string of the molecule is Cc1cncc(C(NN)c2ccc3nc(C)ccc3c2)c1. The highest BCUT2D eigenvalue weighted by Gasteiger charge is 2.13. The molecule has 0 saturated heterocycles. The Morgan fingerprint density at radius 2 is 1.86 bits per heavy atom. The van der Waals surface area contributed by atoms with Crippen LogP contribution in [-0.4, -0.2) is 9.97 Å². The van der Waals surface area contributed by atoms with Gasteiger partial charge in [0.2, 0.25) is 0 Å². The molecule has 3 aromatic rings. The minimum atomic E-state index is -0.0805. The molecule has 3 rings (SSSR count). The molecular weight excluding hydrogens is 260 g/mol. The van der Waals surface area contributed by atoms with Crippen LogP contribution in [0.3, 0.4) is 0 Å². The average molecular weight is 278 g/mol. The molecule has 0 aliphatic heterocycles. The van der Waals surface area contributed by atoms with Gasteiger partial charge >= 0.3 is 0 Å². The number of hydrogen-bond donors (Lipinski definition) is 2. The molecule has 1 aromatic carbocycles. The molecule has 3 N–H and O–H groups in total. The molecule has 106 valence electrons. The third kappa shape index (κ3) is 2.77. The first kappa shape index (κ1) is 13.7. The summed E-state index contributed by atoms with van der Waals surface area (Å²) in [4.78, 5) is 8.77. The highest BCUT2D eigenvalue weighted by atomic mass is 15.2. The van der Waals surface area contributed by atoms with Gasteiger partial charge in [-0.25, -0.2) is 5.43 Å². The van der Waals surface area contributed by atoms with Gasteiger partial charge in [-0.3, -0.25) is 15.8 Å². The van der Waals surface area contributed by atoms with Crippen LogP contribution in [0.5, 0.6) is 0 Å². The number of aromatic nitrogens is 2. The maximum atomic E-state index is 5.76. The normalized spacial score (nSPS) is 12.5. The zero-order chi connectivity index (χ0) is 14.8. The van der Waals surface area contributed by atoms with E-state index in [4.69, 9.17) is 5.84 Å². The number of nitrogens with zero attached hydrogens (tertiary/aromatic N) is 2. The van der Waals surface area contributed by atoms with E-state index in [1.807, 2.05) is 38.4 Å². The molecule has 0 radical (unpaired) electrons. The number of nitrogens with two attached hydrogens (primary N) is 1. The molecule has 0 aliphatic rings. The molecule has 4 heteroatoms. The Kier molecular flexibility index (Phi) is 3.64. The van der Waals surface area contributed by atoms with E-state index in [-0.39, 0.29) is 6.04 Å². The molecule has 0 fully saturated rings. The van der Waals surface area contributed by atoms with Crippen LogP contribution in [0.2, 0.25) is 0 Å². The summed E-state index contributed by atoms with van der Waals surface area (Å²) in [5, 5.41) is 1.11. The Labute approximate surface area is 124 Å². The van der Waals surface area contributed by atoms with Gasteiger partial charge in [-0.2, -0.15) is 0 Å². The number of benzene rings is 1. The number of nitrogens with one attached hydrogen (secondary N) is 1. The van der Waals surface area contributed by atoms with E-state index in [2.05, 4.69) is 39.7 Å². The van der Waals surface area contributed by atoms with E-state index in [0.717, 1.165) is 33.3 Å². The lowest BCUT2D eigenvalue weighted by molar-refractivity contribution is 0.635. The van der Waals surface area contributed by atoms with Gasteiger partial charge < -0.3 is 0 Å². The van der Waals surface area contributed by atoms with Crippen LogP contribution in [0.15, 0.2) is 48.8 Å². The van der Waals surface area contributed by atoms with Gasteiger partial charge in [0, 0.05) is 23.5 Å². The summed E-state index contributed by atoms with van der Waals surface area (Å²) in [5.41, 5.74) is 8.16. The van der Waals surface area contributed by atoms with Crippen molar-refractivity contribution in [3.63, 3.8) is 0 Å². The Balaban J connectivity index is 2.06. The zero-order valence-corrected chi connectivity index (χ0v) is 12.2. The smallest absolute Gasteiger partial charge is 0.0725 e. The van der Waals surface area contributed by atoms with Crippen molar-refractivity contribution >= 4 is 10.9 Å². The number of pyridine rings is 2. The fourth-order valence-corrected chi connectivity index (χ4v) is 2.55. The van der Waals surface area contributed by atoms with Gasteiger partial charge in [-0.1, -0.05) is 18.2 Å². The number of aryl methyl sites for hydroxylation is 2.